The van der Waals surface area contributed by atoms with Gasteiger partial charge in [-0.2, -0.15) is 0 Å². The van der Waals surface area contributed by atoms with Gasteiger partial charge in [0.2, 0.25) is 5.89 Å². The summed E-state index contributed by atoms with van der Waals surface area (Å²) in [5.74, 6) is 0.404. The molecule has 1 aliphatic heterocycles. The maximum atomic E-state index is 9.10. The Hall–Kier alpha value is -0.850. The molecule has 0 aliphatic carbocycles. The summed E-state index contributed by atoms with van der Waals surface area (Å²) in [4.78, 5) is 1.93. The zero-order valence-corrected chi connectivity index (χ0v) is 10.6. The quantitative estimate of drug-likeness (QED) is 0.817. The van der Waals surface area contributed by atoms with Crippen LogP contribution in [0.4, 0.5) is 6.01 Å². The second-order valence-electron chi connectivity index (χ2n) is 4.18. The molecular weight excluding hydrogens is 246 g/mol. The fraction of sp³-hybridized carbons (Fsp3) is 0.800. The second kappa shape index (κ2) is 5.20. The topological polar surface area (TPSA) is 71.6 Å². The Morgan fingerprint density at radius 1 is 1.59 bits per heavy atom. The third kappa shape index (κ3) is 2.70. The molecule has 1 aromatic rings. The summed E-state index contributed by atoms with van der Waals surface area (Å²) in [7, 11) is 0. The number of nitrogens with zero attached hydrogens (tertiary/aromatic N) is 3. The van der Waals surface area contributed by atoms with Crippen molar-refractivity contribution in [2.75, 3.05) is 24.7 Å². The lowest BCUT2D eigenvalue weighted by Gasteiger charge is -2.35. The van der Waals surface area contributed by atoms with Crippen molar-refractivity contribution in [1.82, 2.24) is 10.2 Å². The maximum Gasteiger partial charge on any atom is 0.318 e. The van der Waals surface area contributed by atoms with Crippen molar-refractivity contribution in [3.63, 3.8) is 0 Å². The second-order valence-corrected chi connectivity index (χ2v) is 4.83. The predicted molar refractivity (Wildman–Crippen MR) is 62.2 cm³/mol. The van der Waals surface area contributed by atoms with Gasteiger partial charge in [-0.1, -0.05) is 5.10 Å². The SMILES string of the molecule is CC(Cl)c1nnc(N2CC(CO)OCC2C)o1. The molecule has 1 N–H and O–H groups in total. The highest BCUT2D eigenvalue weighted by molar-refractivity contribution is 6.20. The predicted octanol–water partition coefficient (Wildman–Crippen LogP) is 0.955. The van der Waals surface area contributed by atoms with Crippen molar-refractivity contribution < 1.29 is 14.3 Å². The lowest BCUT2D eigenvalue weighted by molar-refractivity contribution is -0.0118. The van der Waals surface area contributed by atoms with E-state index in [0.29, 0.717) is 25.1 Å². The number of morpholine rings is 1. The number of aliphatic hydroxyl groups excluding tert-OH is 1. The molecule has 96 valence electrons. The summed E-state index contributed by atoms with van der Waals surface area (Å²) >= 11 is 5.87. The zero-order valence-electron chi connectivity index (χ0n) is 9.84. The molecule has 2 rings (SSSR count). The van der Waals surface area contributed by atoms with Crippen molar-refractivity contribution in [3.8, 4) is 0 Å². The highest BCUT2D eigenvalue weighted by atomic mass is 35.5. The standard InChI is InChI=1S/C10H16ClN3O3/c1-6-5-16-8(4-15)3-14(6)10-13-12-9(17-10)7(2)11/h6-8,15H,3-5H2,1-2H3. The number of hydrogen-bond donors (Lipinski definition) is 1. The van der Waals surface area contributed by atoms with Crippen LogP contribution >= 0.6 is 11.6 Å². The van der Waals surface area contributed by atoms with Gasteiger partial charge in [0.05, 0.1) is 31.9 Å². The van der Waals surface area contributed by atoms with Crippen LogP contribution in [0.15, 0.2) is 4.42 Å². The number of aromatic nitrogens is 2. The van der Waals surface area contributed by atoms with E-state index in [2.05, 4.69) is 10.2 Å². The van der Waals surface area contributed by atoms with E-state index < -0.39 is 0 Å². The summed E-state index contributed by atoms with van der Waals surface area (Å²) in [6.07, 6.45) is -0.213. The van der Waals surface area contributed by atoms with E-state index in [9.17, 15) is 0 Å². The zero-order chi connectivity index (χ0) is 12.4. The van der Waals surface area contributed by atoms with Crippen molar-refractivity contribution in [1.29, 1.82) is 0 Å². The molecule has 1 aromatic heterocycles. The van der Waals surface area contributed by atoms with E-state index in [4.69, 9.17) is 25.9 Å². The molecule has 0 radical (unpaired) electrons. The highest BCUT2D eigenvalue weighted by Gasteiger charge is 2.29. The van der Waals surface area contributed by atoms with Crippen LogP contribution in [0.1, 0.15) is 25.1 Å². The van der Waals surface area contributed by atoms with E-state index in [1.807, 2.05) is 11.8 Å². The molecule has 0 amide bonds. The van der Waals surface area contributed by atoms with Crippen LogP contribution in [0.5, 0.6) is 0 Å². The van der Waals surface area contributed by atoms with Crippen LogP contribution in [-0.2, 0) is 4.74 Å². The van der Waals surface area contributed by atoms with Crippen molar-refractivity contribution in [2.24, 2.45) is 0 Å². The molecule has 1 aliphatic rings. The molecule has 17 heavy (non-hydrogen) atoms. The Morgan fingerprint density at radius 2 is 2.35 bits per heavy atom. The molecule has 2 heterocycles. The number of halogens is 1. The summed E-state index contributed by atoms with van der Waals surface area (Å²) < 4.78 is 10.9. The molecule has 3 unspecified atom stereocenters. The van der Waals surface area contributed by atoms with Gasteiger partial charge in [-0.25, -0.2) is 0 Å². The van der Waals surface area contributed by atoms with E-state index in [0.717, 1.165) is 0 Å². The maximum absolute atomic E-state index is 9.10. The van der Waals surface area contributed by atoms with Crippen LogP contribution in [0, 0.1) is 0 Å². The lowest BCUT2D eigenvalue weighted by Crippen LogP contribution is -2.49. The van der Waals surface area contributed by atoms with Gasteiger partial charge in [-0.3, -0.25) is 0 Å². The first-order chi connectivity index (χ1) is 8.11. The van der Waals surface area contributed by atoms with Crippen LogP contribution < -0.4 is 4.90 Å². The molecule has 0 spiro atoms. The number of rotatable bonds is 3. The summed E-state index contributed by atoms with van der Waals surface area (Å²) in [6.45, 7) is 4.82. The van der Waals surface area contributed by atoms with Crippen molar-refractivity contribution in [2.45, 2.75) is 31.4 Å². The molecule has 1 saturated heterocycles. The normalized spacial score (nSPS) is 27.2. The van der Waals surface area contributed by atoms with Gasteiger partial charge in [-0.05, 0) is 13.8 Å². The van der Waals surface area contributed by atoms with Crippen LogP contribution in [0.2, 0.25) is 0 Å². The minimum absolute atomic E-state index is 0.0177. The minimum atomic E-state index is -0.304. The number of alkyl halides is 1. The van der Waals surface area contributed by atoms with Gasteiger partial charge in [0, 0.05) is 0 Å². The van der Waals surface area contributed by atoms with E-state index in [1.165, 1.54) is 0 Å². The highest BCUT2D eigenvalue weighted by Crippen LogP contribution is 2.24. The van der Waals surface area contributed by atoms with E-state index in [-0.39, 0.29) is 24.1 Å². The molecule has 6 nitrogen and oxygen atoms in total. The van der Waals surface area contributed by atoms with Gasteiger partial charge >= 0.3 is 6.01 Å². The average molecular weight is 262 g/mol. The van der Waals surface area contributed by atoms with Crippen molar-refractivity contribution >= 4 is 17.6 Å². The van der Waals surface area contributed by atoms with Gasteiger partial charge in [0.25, 0.3) is 0 Å². The summed E-state index contributed by atoms with van der Waals surface area (Å²) in [5, 5.41) is 16.6. The molecule has 0 bridgehead atoms. The first-order valence-electron chi connectivity index (χ1n) is 5.58. The third-order valence-corrected chi connectivity index (χ3v) is 2.91. The Balaban J connectivity index is 2.13. The molecular formula is C10H16ClN3O3. The Kier molecular flexibility index (Phi) is 3.86. The Labute approximate surface area is 105 Å². The Morgan fingerprint density at radius 3 is 2.94 bits per heavy atom. The first kappa shape index (κ1) is 12.6. The Bertz CT molecular complexity index is 371. The van der Waals surface area contributed by atoms with Crippen molar-refractivity contribution in [3.05, 3.63) is 5.89 Å². The molecule has 1 fully saturated rings. The number of aliphatic hydroxyl groups is 1. The molecule has 0 saturated carbocycles. The smallest absolute Gasteiger partial charge is 0.318 e. The van der Waals surface area contributed by atoms with Gasteiger partial charge in [-0.15, -0.1) is 16.7 Å². The molecule has 0 aromatic carbocycles. The van der Waals surface area contributed by atoms with Gasteiger partial charge < -0.3 is 19.2 Å². The van der Waals surface area contributed by atoms with E-state index in [1.54, 1.807) is 6.92 Å². The average Bonchev–Trinajstić information content (AvgIpc) is 2.79. The largest absolute Gasteiger partial charge is 0.406 e. The monoisotopic (exact) mass is 261 g/mol. The first-order valence-corrected chi connectivity index (χ1v) is 6.02. The summed E-state index contributed by atoms with van der Waals surface area (Å²) in [6, 6.07) is 0.568. The minimum Gasteiger partial charge on any atom is -0.406 e. The fourth-order valence-electron chi connectivity index (χ4n) is 1.70. The third-order valence-electron chi connectivity index (χ3n) is 2.73. The van der Waals surface area contributed by atoms with E-state index >= 15 is 0 Å². The number of ether oxygens (including phenoxy) is 1. The van der Waals surface area contributed by atoms with Gasteiger partial charge in [0.1, 0.15) is 5.38 Å². The molecule has 3 atom stereocenters. The fourth-order valence-corrected chi connectivity index (χ4v) is 1.79. The van der Waals surface area contributed by atoms with Crippen LogP contribution in [0.3, 0.4) is 0 Å². The lowest BCUT2D eigenvalue weighted by atomic mass is 10.2. The molecule has 7 heteroatoms. The summed E-state index contributed by atoms with van der Waals surface area (Å²) in [5.41, 5.74) is 0. The van der Waals surface area contributed by atoms with Gasteiger partial charge in [0.15, 0.2) is 0 Å². The van der Waals surface area contributed by atoms with Crippen LogP contribution in [0.25, 0.3) is 0 Å². The number of anilines is 1. The number of hydrogen-bond acceptors (Lipinski definition) is 6. The van der Waals surface area contributed by atoms with Crippen LogP contribution in [-0.4, -0.2) is 47.2 Å².